The fourth-order valence-electron chi connectivity index (χ4n) is 3.62. The molecule has 1 N–H and O–H groups in total. The van der Waals surface area contributed by atoms with Gasteiger partial charge in [-0.3, -0.25) is 24.1 Å². The summed E-state index contributed by atoms with van der Waals surface area (Å²) in [7, 11) is 0.0847. The number of ketones is 1. The second-order valence-corrected chi connectivity index (χ2v) is 14.3. The average molecular weight is 483 g/mol. The van der Waals surface area contributed by atoms with Crippen molar-refractivity contribution in [3.05, 3.63) is 59.7 Å². The lowest BCUT2D eigenvalue weighted by Gasteiger charge is -2.25. The third-order valence-electron chi connectivity index (χ3n) is 5.63. The number of carbonyl (C=O) groups excluding carboxylic acids is 4. The largest absolute Gasteiger partial charge is 0.497 e. The van der Waals surface area contributed by atoms with Crippen LogP contribution in [0.1, 0.15) is 17.2 Å². The van der Waals surface area contributed by atoms with Gasteiger partial charge in [0.15, 0.2) is 5.78 Å². The van der Waals surface area contributed by atoms with Crippen LogP contribution >= 0.6 is 0 Å². The van der Waals surface area contributed by atoms with E-state index in [0.29, 0.717) is 11.3 Å². The zero-order valence-corrected chi connectivity index (χ0v) is 20.9. The number of ether oxygens (including phenoxy) is 2. The van der Waals surface area contributed by atoms with E-state index in [-0.39, 0.29) is 25.4 Å². The summed E-state index contributed by atoms with van der Waals surface area (Å²) in [5.74, 6) is -1.36. The molecule has 0 radical (unpaired) electrons. The minimum Gasteiger partial charge on any atom is -0.497 e. The molecular formula is C25H30N2O6Si. The van der Waals surface area contributed by atoms with Crippen molar-refractivity contribution < 1.29 is 28.7 Å². The number of carbonyl (C=O) groups is 4. The summed E-state index contributed by atoms with van der Waals surface area (Å²) in [5.41, 5.74) is 1.43. The molecule has 2 aromatic rings. The van der Waals surface area contributed by atoms with E-state index < -0.39 is 38.4 Å². The van der Waals surface area contributed by atoms with E-state index in [1.165, 1.54) is 5.19 Å². The minimum atomic E-state index is -1.46. The van der Waals surface area contributed by atoms with Gasteiger partial charge in [-0.2, -0.15) is 0 Å². The van der Waals surface area contributed by atoms with E-state index in [4.69, 9.17) is 9.47 Å². The Hall–Kier alpha value is -3.30. The molecule has 1 saturated heterocycles. The molecule has 180 valence electrons. The maximum atomic E-state index is 13.3. The zero-order valence-electron chi connectivity index (χ0n) is 19.9. The Bertz CT molecular complexity index is 1040. The molecule has 9 heteroatoms. The molecule has 1 fully saturated rings. The molecule has 3 rings (SSSR count). The van der Waals surface area contributed by atoms with Gasteiger partial charge in [0.1, 0.15) is 31.5 Å². The Morgan fingerprint density at radius 2 is 1.59 bits per heavy atom. The quantitative estimate of drug-likeness (QED) is 0.430. The summed E-state index contributed by atoms with van der Waals surface area (Å²) in [5, 5.41) is 4.00. The van der Waals surface area contributed by atoms with Crippen LogP contribution in [0.15, 0.2) is 48.5 Å². The molecule has 0 bridgehead atoms. The Kier molecular flexibility index (Phi) is 8.01. The van der Waals surface area contributed by atoms with Crippen molar-refractivity contribution >= 4 is 36.8 Å². The van der Waals surface area contributed by atoms with E-state index in [1.54, 1.807) is 31.4 Å². The maximum Gasteiger partial charge on any atom is 0.255 e. The first-order valence-electron chi connectivity index (χ1n) is 11.0. The topological polar surface area (TPSA) is 102 Å². The van der Waals surface area contributed by atoms with Crippen molar-refractivity contribution in [1.82, 2.24) is 10.2 Å². The standard InChI is InChI=1S/C25H30N2O6Si/c1-32-19-9-7-18(8-10-19)25(26-22(29)14-27-23(30)15-33-16-24(27)31)21(28)13-17-5-11-20(12-6-17)34(2,3)4/h5-12,25H,13-16H2,1-4H3,(H,26,29). The van der Waals surface area contributed by atoms with Crippen molar-refractivity contribution in [2.75, 3.05) is 26.9 Å². The first kappa shape index (κ1) is 25.3. The number of Topliss-reactive ketones (excluding diaryl/α,β-unsaturated/α-hetero) is 1. The number of imide groups is 1. The summed E-state index contributed by atoms with van der Waals surface area (Å²) in [6, 6.07) is 13.9. The summed E-state index contributed by atoms with van der Waals surface area (Å²) in [6.07, 6.45) is 0.123. The van der Waals surface area contributed by atoms with Gasteiger partial charge in [-0.05, 0) is 23.3 Å². The molecular weight excluding hydrogens is 452 g/mol. The van der Waals surface area contributed by atoms with Crippen LogP contribution in [0.5, 0.6) is 5.75 Å². The third kappa shape index (κ3) is 6.39. The molecule has 1 aliphatic rings. The molecule has 34 heavy (non-hydrogen) atoms. The van der Waals surface area contributed by atoms with E-state index in [1.807, 2.05) is 12.1 Å². The van der Waals surface area contributed by atoms with Crippen LogP contribution in [-0.2, 0) is 30.3 Å². The van der Waals surface area contributed by atoms with Gasteiger partial charge in [0, 0.05) is 6.42 Å². The second-order valence-electron chi connectivity index (χ2n) is 9.23. The van der Waals surface area contributed by atoms with Gasteiger partial charge in [-0.25, -0.2) is 0 Å². The van der Waals surface area contributed by atoms with Crippen molar-refractivity contribution in [2.24, 2.45) is 0 Å². The van der Waals surface area contributed by atoms with E-state index in [9.17, 15) is 19.2 Å². The summed E-state index contributed by atoms with van der Waals surface area (Å²) in [4.78, 5) is 50.8. The van der Waals surface area contributed by atoms with E-state index in [2.05, 4.69) is 37.1 Å². The molecule has 1 aliphatic heterocycles. The minimum absolute atomic E-state index is 0.123. The molecule has 2 aromatic carbocycles. The van der Waals surface area contributed by atoms with Gasteiger partial charge in [0.2, 0.25) is 5.91 Å². The average Bonchev–Trinajstić information content (AvgIpc) is 2.80. The molecule has 3 amide bonds. The van der Waals surface area contributed by atoms with Gasteiger partial charge < -0.3 is 14.8 Å². The van der Waals surface area contributed by atoms with Crippen LogP contribution in [-0.4, -0.2) is 63.3 Å². The first-order chi connectivity index (χ1) is 16.1. The fraction of sp³-hybridized carbons (Fsp3) is 0.360. The predicted molar refractivity (Wildman–Crippen MR) is 130 cm³/mol. The molecule has 1 unspecified atom stereocenters. The van der Waals surface area contributed by atoms with Gasteiger partial charge >= 0.3 is 0 Å². The normalized spacial score (nSPS) is 15.1. The Morgan fingerprint density at radius 3 is 2.12 bits per heavy atom. The Morgan fingerprint density at radius 1 is 1.00 bits per heavy atom. The van der Waals surface area contributed by atoms with E-state index >= 15 is 0 Å². The molecule has 1 heterocycles. The van der Waals surface area contributed by atoms with Gasteiger partial charge in [0.05, 0.1) is 15.2 Å². The monoisotopic (exact) mass is 482 g/mol. The highest BCUT2D eigenvalue weighted by Crippen LogP contribution is 2.20. The van der Waals surface area contributed by atoms with Crippen LogP contribution in [0.4, 0.5) is 0 Å². The number of amides is 3. The lowest BCUT2D eigenvalue weighted by atomic mass is 9.97. The lowest BCUT2D eigenvalue weighted by Crippen LogP contribution is -2.51. The lowest BCUT2D eigenvalue weighted by molar-refractivity contribution is -0.160. The summed E-state index contributed by atoms with van der Waals surface area (Å²) >= 11 is 0. The summed E-state index contributed by atoms with van der Waals surface area (Å²) in [6.45, 7) is 5.79. The van der Waals surface area contributed by atoms with Gasteiger partial charge in [0.25, 0.3) is 11.8 Å². The number of hydrogen-bond donors (Lipinski definition) is 1. The smallest absolute Gasteiger partial charge is 0.255 e. The molecule has 0 aromatic heterocycles. The second kappa shape index (κ2) is 10.7. The number of morpholine rings is 1. The molecule has 0 saturated carbocycles. The number of nitrogens with one attached hydrogen (secondary N) is 1. The maximum absolute atomic E-state index is 13.3. The van der Waals surface area contributed by atoms with Crippen molar-refractivity contribution in [3.8, 4) is 5.75 Å². The fourth-order valence-corrected chi connectivity index (χ4v) is 4.79. The highest BCUT2D eigenvalue weighted by atomic mass is 28.3. The Balaban J connectivity index is 1.78. The van der Waals surface area contributed by atoms with Crippen LogP contribution in [0.2, 0.25) is 19.6 Å². The highest BCUT2D eigenvalue weighted by molar-refractivity contribution is 6.88. The number of rotatable bonds is 9. The van der Waals surface area contributed by atoms with Gasteiger partial charge in [-0.15, -0.1) is 0 Å². The van der Waals surface area contributed by atoms with Crippen LogP contribution in [0, 0.1) is 0 Å². The van der Waals surface area contributed by atoms with Crippen molar-refractivity contribution in [3.63, 3.8) is 0 Å². The molecule has 1 atom stereocenters. The van der Waals surface area contributed by atoms with E-state index in [0.717, 1.165) is 10.5 Å². The Labute approximate surface area is 200 Å². The number of methoxy groups -OCH3 is 1. The zero-order chi connectivity index (χ0) is 24.9. The third-order valence-corrected chi connectivity index (χ3v) is 7.70. The highest BCUT2D eigenvalue weighted by Gasteiger charge is 2.30. The van der Waals surface area contributed by atoms with Gasteiger partial charge in [-0.1, -0.05) is 61.2 Å². The molecule has 0 spiro atoms. The van der Waals surface area contributed by atoms with Crippen LogP contribution in [0.25, 0.3) is 0 Å². The van der Waals surface area contributed by atoms with Crippen LogP contribution < -0.4 is 15.2 Å². The number of benzene rings is 2. The van der Waals surface area contributed by atoms with Crippen LogP contribution in [0.3, 0.4) is 0 Å². The molecule has 8 nitrogen and oxygen atoms in total. The predicted octanol–water partition coefficient (Wildman–Crippen LogP) is 1.59. The number of hydrogen-bond acceptors (Lipinski definition) is 6. The molecule has 0 aliphatic carbocycles. The first-order valence-corrected chi connectivity index (χ1v) is 14.5. The summed E-state index contributed by atoms with van der Waals surface area (Å²) < 4.78 is 10.1. The van der Waals surface area contributed by atoms with Crippen molar-refractivity contribution in [1.29, 1.82) is 0 Å². The van der Waals surface area contributed by atoms with Crippen molar-refractivity contribution in [2.45, 2.75) is 32.1 Å². The number of nitrogens with zero attached hydrogens (tertiary/aromatic N) is 1. The SMILES string of the molecule is COc1ccc(C(NC(=O)CN2C(=O)COCC2=O)C(=O)Cc2ccc([Si](C)(C)C)cc2)cc1.